The van der Waals surface area contributed by atoms with Crippen molar-refractivity contribution in [2.24, 2.45) is 0 Å². The normalized spacial score (nSPS) is 11.6. The topological polar surface area (TPSA) is 71.1 Å². The average molecular weight is 376 g/mol. The molecule has 0 radical (unpaired) electrons. The number of pyridine rings is 1. The molecular weight excluding hydrogens is 358 g/mol. The van der Waals surface area contributed by atoms with Crippen molar-refractivity contribution in [1.82, 2.24) is 10.3 Å². The molecule has 0 aliphatic heterocycles. The largest absolute Gasteiger partial charge is 0.350 e. The van der Waals surface area contributed by atoms with Gasteiger partial charge in [0.05, 0.1) is 16.8 Å². The fourth-order valence-corrected chi connectivity index (χ4v) is 2.29. The number of carbonyl (C=O) groups is 2. The van der Waals surface area contributed by atoms with Crippen LogP contribution in [-0.2, 0) is 0 Å². The summed E-state index contributed by atoms with van der Waals surface area (Å²) in [6.07, 6.45) is 3.91. The van der Waals surface area contributed by atoms with Gasteiger partial charge < -0.3 is 10.6 Å². The van der Waals surface area contributed by atoms with Gasteiger partial charge in [-0.25, -0.2) is 0 Å². The van der Waals surface area contributed by atoms with E-state index < -0.39 is 0 Å². The van der Waals surface area contributed by atoms with Crippen molar-refractivity contribution in [3.8, 4) is 0 Å². The van der Waals surface area contributed by atoms with E-state index in [2.05, 4.69) is 31.5 Å². The Kier molecular flexibility index (Phi) is 5.87. The highest BCUT2D eigenvalue weighted by Crippen LogP contribution is 2.17. The maximum atomic E-state index is 12.3. The van der Waals surface area contributed by atoms with Gasteiger partial charge in [0.2, 0.25) is 0 Å². The first-order valence-corrected chi connectivity index (χ1v) is 8.12. The van der Waals surface area contributed by atoms with Crippen LogP contribution in [0.15, 0.2) is 47.2 Å². The quantitative estimate of drug-likeness (QED) is 0.837. The molecule has 0 aliphatic carbocycles. The summed E-state index contributed by atoms with van der Waals surface area (Å²) in [5, 5.41) is 5.66. The van der Waals surface area contributed by atoms with E-state index in [1.165, 1.54) is 6.20 Å². The lowest BCUT2D eigenvalue weighted by molar-refractivity contribution is 0.0940. The van der Waals surface area contributed by atoms with Crippen molar-refractivity contribution in [2.75, 3.05) is 5.32 Å². The lowest BCUT2D eigenvalue weighted by Crippen LogP contribution is -2.32. The zero-order chi connectivity index (χ0) is 16.8. The van der Waals surface area contributed by atoms with Crippen LogP contribution in [-0.4, -0.2) is 22.8 Å². The standard InChI is InChI=1S/C17H18BrN3O2/c1-3-11(2)20-17(23)14-6-4-5-7-15(14)21-16(22)12-8-13(18)10-19-9-12/h4-11H,3H2,1-2H3,(H,20,23)(H,21,22)/t11-/m0/s1. The number of amides is 2. The Balaban J connectivity index is 2.20. The van der Waals surface area contributed by atoms with Gasteiger partial charge in [-0.15, -0.1) is 0 Å². The Labute approximate surface area is 143 Å². The smallest absolute Gasteiger partial charge is 0.257 e. The second-order valence-electron chi connectivity index (χ2n) is 5.17. The van der Waals surface area contributed by atoms with Crippen LogP contribution in [0, 0.1) is 0 Å². The Morgan fingerprint density at radius 1 is 1.22 bits per heavy atom. The molecule has 2 aromatic rings. The summed E-state index contributed by atoms with van der Waals surface area (Å²) >= 11 is 3.28. The molecular formula is C17H18BrN3O2. The predicted molar refractivity (Wildman–Crippen MR) is 93.6 cm³/mol. The van der Waals surface area contributed by atoms with Gasteiger partial charge in [-0.1, -0.05) is 19.1 Å². The molecule has 0 unspecified atom stereocenters. The molecule has 2 rings (SSSR count). The van der Waals surface area contributed by atoms with Gasteiger partial charge in [0, 0.05) is 22.9 Å². The van der Waals surface area contributed by atoms with E-state index >= 15 is 0 Å². The highest BCUT2D eigenvalue weighted by atomic mass is 79.9. The van der Waals surface area contributed by atoms with Crippen LogP contribution >= 0.6 is 15.9 Å². The summed E-state index contributed by atoms with van der Waals surface area (Å²) < 4.78 is 0.716. The minimum Gasteiger partial charge on any atom is -0.350 e. The molecule has 120 valence electrons. The molecule has 5 nitrogen and oxygen atoms in total. The zero-order valence-electron chi connectivity index (χ0n) is 13.0. The van der Waals surface area contributed by atoms with Crippen molar-refractivity contribution in [3.05, 3.63) is 58.3 Å². The summed E-state index contributed by atoms with van der Waals surface area (Å²) in [7, 11) is 0. The van der Waals surface area contributed by atoms with E-state index in [1.54, 1.807) is 36.5 Å². The number of nitrogens with one attached hydrogen (secondary N) is 2. The van der Waals surface area contributed by atoms with Crippen LogP contribution in [0.2, 0.25) is 0 Å². The number of anilines is 1. The molecule has 0 bridgehead atoms. The van der Waals surface area contributed by atoms with E-state index in [-0.39, 0.29) is 17.9 Å². The van der Waals surface area contributed by atoms with Crippen LogP contribution in [0.1, 0.15) is 41.0 Å². The molecule has 0 saturated heterocycles. The van der Waals surface area contributed by atoms with Gasteiger partial charge in [-0.2, -0.15) is 0 Å². The monoisotopic (exact) mass is 375 g/mol. The minimum absolute atomic E-state index is 0.0699. The number of carbonyl (C=O) groups excluding carboxylic acids is 2. The van der Waals surface area contributed by atoms with Gasteiger partial charge in [-0.3, -0.25) is 14.6 Å². The van der Waals surface area contributed by atoms with Crippen molar-refractivity contribution >= 4 is 33.4 Å². The molecule has 1 heterocycles. The number of para-hydroxylation sites is 1. The van der Waals surface area contributed by atoms with E-state index in [0.29, 0.717) is 21.3 Å². The molecule has 1 aromatic heterocycles. The first-order chi connectivity index (χ1) is 11.0. The van der Waals surface area contributed by atoms with Crippen LogP contribution < -0.4 is 10.6 Å². The van der Waals surface area contributed by atoms with Crippen LogP contribution in [0.5, 0.6) is 0 Å². The van der Waals surface area contributed by atoms with Gasteiger partial charge in [0.15, 0.2) is 0 Å². The SMILES string of the molecule is CC[C@H](C)NC(=O)c1ccccc1NC(=O)c1cncc(Br)c1. The molecule has 2 N–H and O–H groups in total. The minimum atomic E-state index is -0.317. The van der Waals surface area contributed by atoms with Crippen LogP contribution in [0.3, 0.4) is 0 Å². The third-order valence-electron chi connectivity index (χ3n) is 3.38. The first kappa shape index (κ1) is 17.1. The van der Waals surface area contributed by atoms with Crippen molar-refractivity contribution < 1.29 is 9.59 Å². The second-order valence-corrected chi connectivity index (χ2v) is 6.09. The van der Waals surface area contributed by atoms with Gasteiger partial charge in [-0.05, 0) is 47.5 Å². The molecule has 0 saturated carbocycles. The van der Waals surface area contributed by atoms with Gasteiger partial charge in [0.1, 0.15) is 0 Å². The summed E-state index contributed by atoms with van der Waals surface area (Å²) in [6.45, 7) is 3.94. The Morgan fingerprint density at radius 2 is 1.96 bits per heavy atom. The number of hydrogen-bond acceptors (Lipinski definition) is 3. The fourth-order valence-electron chi connectivity index (χ4n) is 1.92. The maximum Gasteiger partial charge on any atom is 0.257 e. The average Bonchev–Trinajstić information content (AvgIpc) is 2.55. The van der Waals surface area contributed by atoms with Gasteiger partial charge >= 0.3 is 0 Å². The van der Waals surface area contributed by atoms with E-state index in [9.17, 15) is 9.59 Å². The fraction of sp³-hybridized carbons (Fsp3) is 0.235. The highest BCUT2D eigenvalue weighted by molar-refractivity contribution is 9.10. The highest BCUT2D eigenvalue weighted by Gasteiger charge is 2.15. The van der Waals surface area contributed by atoms with E-state index in [4.69, 9.17) is 0 Å². The Hall–Kier alpha value is -2.21. The molecule has 0 aliphatic rings. The number of benzene rings is 1. The van der Waals surface area contributed by atoms with Crippen LogP contribution in [0.4, 0.5) is 5.69 Å². The van der Waals surface area contributed by atoms with Gasteiger partial charge in [0.25, 0.3) is 11.8 Å². The second kappa shape index (κ2) is 7.87. The van der Waals surface area contributed by atoms with Crippen molar-refractivity contribution in [2.45, 2.75) is 26.3 Å². The third kappa shape index (κ3) is 4.63. The third-order valence-corrected chi connectivity index (χ3v) is 3.81. The molecule has 0 fully saturated rings. The van der Waals surface area contributed by atoms with Crippen LogP contribution in [0.25, 0.3) is 0 Å². The maximum absolute atomic E-state index is 12.3. The summed E-state index contributed by atoms with van der Waals surface area (Å²) in [5.74, 6) is -0.523. The number of halogens is 1. The van der Waals surface area contributed by atoms with Crippen molar-refractivity contribution in [3.63, 3.8) is 0 Å². The summed E-state index contributed by atoms with van der Waals surface area (Å²) in [4.78, 5) is 28.6. The lowest BCUT2D eigenvalue weighted by atomic mass is 10.1. The van der Waals surface area contributed by atoms with E-state index in [0.717, 1.165) is 6.42 Å². The Morgan fingerprint density at radius 3 is 2.65 bits per heavy atom. The molecule has 1 atom stereocenters. The summed E-state index contributed by atoms with van der Waals surface area (Å²) in [5.41, 5.74) is 1.32. The molecule has 6 heteroatoms. The number of nitrogens with zero attached hydrogens (tertiary/aromatic N) is 1. The molecule has 1 aromatic carbocycles. The molecule has 23 heavy (non-hydrogen) atoms. The van der Waals surface area contributed by atoms with Crippen molar-refractivity contribution in [1.29, 1.82) is 0 Å². The summed E-state index contributed by atoms with van der Waals surface area (Å²) in [6, 6.07) is 8.67. The van der Waals surface area contributed by atoms with E-state index in [1.807, 2.05) is 13.8 Å². The number of aromatic nitrogens is 1. The lowest BCUT2D eigenvalue weighted by Gasteiger charge is -2.14. The molecule has 0 spiro atoms. The molecule has 2 amide bonds. The zero-order valence-corrected chi connectivity index (χ0v) is 14.6. The predicted octanol–water partition coefficient (Wildman–Crippen LogP) is 3.62. The number of hydrogen-bond donors (Lipinski definition) is 2. The first-order valence-electron chi connectivity index (χ1n) is 7.33. The number of rotatable bonds is 5. The Bertz CT molecular complexity index is 718.